The van der Waals surface area contributed by atoms with Crippen molar-refractivity contribution in [2.75, 3.05) is 6.54 Å². The Hall–Kier alpha value is -1.55. The zero-order valence-electron chi connectivity index (χ0n) is 15.5. The molecule has 3 nitrogen and oxygen atoms in total. The first-order chi connectivity index (χ1) is 12.5. The third-order valence-electron chi connectivity index (χ3n) is 5.37. The van der Waals surface area contributed by atoms with Crippen molar-refractivity contribution >= 4 is 11.6 Å². The van der Waals surface area contributed by atoms with Crippen LogP contribution < -0.4 is 15.4 Å². The minimum atomic E-state index is -0.152. The number of rotatable bonds is 4. The molecule has 2 aliphatic rings. The van der Waals surface area contributed by atoms with Crippen molar-refractivity contribution in [1.82, 2.24) is 10.6 Å². The van der Waals surface area contributed by atoms with E-state index in [1.165, 1.54) is 24.0 Å². The molecule has 1 fully saturated rings. The second kappa shape index (κ2) is 7.22. The topological polar surface area (TPSA) is 33.3 Å². The van der Waals surface area contributed by atoms with Crippen LogP contribution in [0.2, 0.25) is 5.02 Å². The van der Waals surface area contributed by atoms with Crippen LogP contribution in [0.4, 0.5) is 0 Å². The average Bonchev–Trinajstić information content (AvgIpc) is 2.94. The van der Waals surface area contributed by atoms with E-state index in [4.69, 9.17) is 16.3 Å². The van der Waals surface area contributed by atoms with Gasteiger partial charge in [0.25, 0.3) is 0 Å². The lowest BCUT2D eigenvalue weighted by atomic mass is 9.92. The molecule has 2 atom stereocenters. The van der Waals surface area contributed by atoms with E-state index in [9.17, 15) is 0 Å². The van der Waals surface area contributed by atoms with Crippen LogP contribution >= 0.6 is 11.6 Å². The fourth-order valence-corrected chi connectivity index (χ4v) is 4.50. The molecular formula is C22H27ClN2O. The van der Waals surface area contributed by atoms with Crippen molar-refractivity contribution in [3.8, 4) is 5.75 Å². The predicted octanol–water partition coefficient (Wildman–Crippen LogP) is 4.64. The van der Waals surface area contributed by atoms with Crippen LogP contribution in [-0.4, -0.2) is 18.2 Å². The highest BCUT2D eigenvalue weighted by Gasteiger charge is 2.33. The number of halogens is 1. The van der Waals surface area contributed by atoms with Crippen molar-refractivity contribution in [3.63, 3.8) is 0 Å². The Morgan fingerprint density at radius 2 is 2.04 bits per heavy atom. The van der Waals surface area contributed by atoms with Gasteiger partial charge in [-0.15, -0.1) is 0 Å². The van der Waals surface area contributed by atoms with Crippen LogP contribution in [-0.2, 0) is 13.0 Å². The summed E-state index contributed by atoms with van der Waals surface area (Å²) in [6, 6.07) is 15.5. The van der Waals surface area contributed by atoms with E-state index >= 15 is 0 Å². The van der Waals surface area contributed by atoms with Crippen LogP contribution in [0.5, 0.6) is 5.75 Å². The zero-order valence-corrected chi connectivity index (χ0v) is 16.3. The average molecular weight is 371 g/mol. The number of benzene rings is 2. The highest BCUT2D eigenvalue weighted by molar-refractivity contribution is 6.30. The molecular weight excluding hydrogens is 344 g/mol. The lowest BCUT2D eigenvalue weighted by Crippen LogP contribution is -2.45. The van der Waals surface area contributed by atoms with E-state index in [-0.39, 0.29) is 5.60 Å². The van der Waals surface area contributed by atoms with Crippen LogP contribution in [0.3, 0.4) is 0 Å². The van der Waals surface area contributed by atoms with Gasteiger partial charge in [-0.1, -0.05) is 41.9 Å². The maximum Gasteiger partial charge on any atom is 0.128 e. The summed E-state index contributed by atoms with van der Waals surface area (Å²) in [6.45, 7) is 6.11. The van der Waals surface area contributed by atoms with Gasteiger partial charge in [0.15, 0.2) is 0 Å². The summed E-state index contributed by atoms with van der Waals surface area (Å²) in [4.78, 5) is 0. The van der Waals surface area contributed by atoms with Crippen LogP contribution in [0.25, 0.3) is 0 Å². The van der Waals surface area contributed by atoms with E-state index in [2.05, 4.69) is 54.8 Å². The highest BCUT2D eigenvalue weighted by atomic mass is 35.5. The third kappa shape index (κ3) is 3.75. The van der Waals surface area contributed by atoms with Gasteiger partial charge in [0.2, 0.25) is 0 Å². The molecule has 0 saturated carbocycles. The molecule has 0 aliphatic carbocycles. The Morgan fingerprint density at radius 1 is 1.23 bits per heavy atom. The van der Waals surface area contributed by atoms with Crippen molar-refractivity contribution in [2.24, 2.45) is 0 Å². The highest BCUT2D eigenvalue weighted by Crippen LogP contribution is 2.39. The molecule has 0 radical (unpaired) electrons. The Kier molecular flexibility index (Phi) is 4.96. The van der Waals surface area contributed by atoms with Gasteiger partial charge in [-0.3, -0.25) is 0 Å². The Morgan fingerprint density at radius 3 is 2.85 bits per heavy atom. The van der Waals surface area contributed by atoms with Gasteiger partial charge in [0, 0.05) is 35.6 Å². The minimum Gasteiger partial charge on any atom is -0.487 e. The summed E-state index contributed by atoms with van der Waals surface area (Å²) in [6.07, 6.45) is 3.27. The fourth-order valence-electron chi connectivity index (χ4n) is 4.24. The molecule has 26 heavy (non-hydrogen) atoms. The Balaban J connectivity index is 1.52. The third-order valence-corrected chi connectivity index (χ3v) is 5.59. The number of hydrogen-bond donors (Lipinski definition) is 2. The van der Waals surface area contributed by atoms with Gasteiger partial charge in [-0.05, 0) is 56.5 Å². The molecule has 0 aromatic heterocycles. The fraction of sp³-hybridized carbons (Fsp3) is 0.455. The second-order valence-corrected chi connectivity index (χ2v) is 8.50. The Labute approximate surface area is 161 Å². The summed E-state index contributed by atoms with van der Waals surface area (Å²) in [7, 11) is 0. The van der Waals surface area contributed by atoms with Gasteiger partial charge < -0.3 is 15.4 Å². The first-order valence-electron chi connectivity index (χ1n) is 9.54. The summed E-state index contributed by atoms with van der Waals surface area (Å²) >= 11 is 6.37. The van der Waals surface area contributed by atoms with E-state index in [1.54, 1.807) is 0 Å². The normalized spacial score (nSPS) is 24.1. The number of fused-ring (bicyclic) bond motifs is 1. The molecule has 4 rings (SSSR count). The van der Waals surface area contributed by atoms with Crippen LogP contribution in [0, 0.1) is 0 Å². The maximum absolute atomic E-state index is 6.37. The van der Waals surface area contributed by atoms with Gasteiger partial charge in [0.1, 0.15) is 11.4 Å². The van der Waals surface area contributed by atoms with E-state index in [0.29, 0.717) is 12.1 Å². The molecule has 2 N–H and O–H groups in total. The molecule has 0 spiro atoms. The quantitative estimate of drug-likeness (QED) is 0.822. The van der Waals surface area contributed by atoms with E-state index in [0.717, 1.165) is 35.8 Å². The molecule has 2 aromatic carbocycles. The summed E-state index contributed by atoms with van der Waals surface area (Å²) in [5.74, 6) is 1.02. The lowest BCUT2D eigenvalue weighted by molar-refractivity contribution is 0.137. The predicted molar refractivity (Wildman–Crippen MR) is 107 cm³/mol. The SMILES string of the molecule is CC1(C)Cc2cc(Cl)cc(CN[C@H]3CCCN[C@H]3c3ccccc3)c2O1. The number of piperidine rings is 1. The zero-order chi connectivity index (χ0) is 18.1. The first-order valence-corrected chi connectivity index (χ1v) is 9.92. The summed E-state index contributed by atoms with van der Waals surface area (Å²) in [5.41, 5.74) is 3.58. The smallest absolute Gasteiger partial charge is 0.128 e. The van der Waals surface area contributed by atoms with E-state index in [1.807, 2.05) is 12.1 Å². The summed E-state index contributed by atoms with van der Waals surface area (Å²) in [5, 5.41) is 8.24. The summed E-state index contributed by atoms with van der Waals surface area (Å²) < 4.78 is 6.22. The van der Waals surface area contributed by atoms with Gasteiger partial charge >= 0.3 is 0 Å². The molecule has 2 aliphatic heterocycles. The molecule has 1 saturated heterocycles. The molecule has 2 aromatic rings. The molecule has 0 amide bonds. The van der Waals surface area contributed by atoms with E-state index < -0.39 is 0 Å². The number of hydrogen-bond acceptors (Lipinski definition) is 3. The van der Waals surface area contributed by atoms with Crippen molar-refractivity contribution in [3.05, 3.63) is 64.2 Å². The number of ether oxygens (including phenoxy) is 1. The standard InChI is InChI=1S/C22H27ClN2O/c1-22(2)13-16-11-18(23)12-17(21(16)26-22)14-25-19-9-6-10-24-20(19)15-7-4-3-5-8-15/h3-5,7-8,11-12,19-20,24-25H,6,9-10,13-14H2,1-2H3/t19-,20-/m0/s1. The van der Waals surface area contributed by atoms with Crippen molar-refractivity contribution in [2.45, 2.75) is 57.3 Å². The maximum atomic E-state index is 6.37. The minimum absolute atomic E-state index is 0.152. The van der Waals surface area contributed by atoms with Crippen molar-refractivity contribution < 1.29 is 4.74 Å². The van der Waals surface area contributed by atoms with Crippen LogP contribution in [0.15, 0.2) is 42.5 Å². The second-order valence-electron chi connectivity index (χ2n) is 8.06. The molecule has 0 unspecified atom stereocenters. The van der Waals surface area contributed by atoms with Gasteiger partial charge in [0.05, 0.1) is 0 Å². The van der Waals surface area contributed by atoms with Crippen LogP contribution in [0.1, 0.15) is 49.4 Å². The lowest BCUT2D eigenvalue weighted by Gasteiger charge is -2.34. The number of nitrogens with one attached hydrogen (secondary N) is 2. The first kappa shape index (κ1) is 17.8. The van der Waals surface area contributed by atoms with Gasteiger partial charge in [-0.2, -0.15) is 0 Å². The molecule has 0 bridgehead atoms. The van der Waals surface area contributed by atoms with Gasteiger partial charge in [-0.25, -0.2) is 0 Å². The van der Waals surface area contributed by atoms with Crippen molar-refractivity contribution in [1.29, 1.82) is 0 Å². The largest absolute Gasteiger partial charge is 0.487 e. The molecule has 138 valence electrons. The monoisotopic (exact) mass is 370 g/mol. The molecule has 4 heteroatoms. The Bertz CT molecular complexity index is 775. The molecule has 2 heterocycles.